The minimum atomic E-state index is -0.918. The van der Waals surface area contributed by atoms with Gasteiger partial charge in [0.25, 0.3) is 0 Å². The van der Waals surface area contributed by atoms with E-state index >= 15 is 0 Å². The molecule has 0 saturated heterocycles. The Morgan fingerprint density at radius 1 is 1.23 bits per heavy atom. The van der Waals surface area contributed by atoms with Crippen molar-refractivity contribution >= 4 is 28.9 Å². The molecule has 0 saturated carbocycles. The first-order chi connectivity index (χ1) is 10.6. The second-order valence-electron chi connectivity index (χ2n) is 4.36. The summed E-state index contributed by atoms with van der Waals surface area (Å²) in [5, 5.41) is 0. The Morgan fingerprint density at radius 3 is 2.64 bits per heavy atom. The Hall–Kier alpha value is -2.71. The van der Waals surface area contributed by atoms with Gasteiger partial charge in [0.05, 0.1) is 26.0 Å². The molecule has 0 fully saturated rings. The summed E-state index contributed by atoms with van der Waals surface area (Å²) in [6, 6.07) is -0.918. The van der Waals surface area contributed by atoms with E-state index in [4.69, 9.17) is 15.2 Å². The quantitative estimate of drug-likeness (QED) is 0.764. The van der Waals surface area contributed by atoms with Crippen molar-refractivity contribution < 1.29 is 19.1 Å². The van der Waals surface area contributed by atoms with Gasteiger partial charge in [-0.05, 0) is 13.8 Å². The number of anilines is 1. The van der Waals surface area contributed by atoms with Gasteiger partial charge in [0.15, 0.2) is 11.5 Å². The number of nitrogen functional groups attached to an aromatic ring is 1. The Bertz CT molecular complexity index is 684. The highest BCUT2D eigenvalue weighted by Gasteiger charge is 2.28. The molecule has 0 aliphatic heterocycles. The van der Waals surface area contributed by atoms with Gasteiger partial charge >= 0.3 is 11.9 Å². The van der Waals surface area contributed by atoms with Crippen molar-refractivity contribution in [2.45, 2.75) is 26.3 Å². The topological polar surface area (TPSA) is 122 Å². The third-order valence-corrected chi connectivity index (χ3v) is 2.95. The SMILES string of the molecule is CCOC(=O)CC(C(=O)OCC)n1cnc2c(N)ncnc21. The molecular formula is C13H17N5O4. The molecule has 0 amide bonds. The van der Waals surface area contributed by atoms with E-state index in [1.165, 1.54) is 17.2 Å². The lowest BCUT2D eigenvalue weighted by molar-refractivity contribution is -0.153. The maximum absolute atomic E-state index is 12.2. The van der Waals surface area contributed by atoms with E-state index in [0.29, 0.717) is 11.2 Å². The lowest BCUT2D eigenvalue weighted by Gasteiger charge is -2.16. The molecule has 0 spiro atoms. The van der Waals surface area contributed by atoms with E-state index in [1.54, 1.807) is 13.8 Å². The molecule has 2 aromatic rings. The second-order valence-corrected chi connectivity index (χ2v) is 4.36. The lowest BCUT2D eigenvalue weighted by atomic mass is 10.2. The van der Waals surface area contributed by atoms with Crippen LogP contribution in [0.15, 0.2) is 12.7 Å². The predicted octanol–water partition coefficient (Wildman–Crippen LogP) is 0.466. The van der Waals surface area contributed by atoms with Crippen LogP contribution < -0.4 is 5.73 Å². The van der Waals surface area contributed by atoms with Crippen LogP contribution in [0.2, 0.25) is 0 Å². The van der Waals surface area contributed by atoms with Crippen LogP contribution in [0, 0.1) is 0 Å². The van der Waals surface area contributed by atoms with Crippen molar-refractivity contribution in [3.05, 3.63) is 12.7 Å². The summed E-state index contributed by atoms with van der Waals surface area (Å²) in [7, 11) is 0. The molecule has 0 radical (unpaired) electrons. The number of carbonyl (C=O) groups excluding carboxylic acids is 2. The number of fused-ring (bicyclic) bond motifs is 1. The monoisotopic (exact) mass is 307 g/mol. The predicted molar refractivity (Wildman–Crippen MR) is 76.7 cm³/mol. The summed E-state index contributed by atoms with van der Waals surface area (Å²) in [6.07, 6.45) is 2.47. The highest BCUT2D eigenvalue weighted by atomic mass is 16.5. The number of aromatic nitrogens is 4. The molecule has 9 nitrogen and oxygen atoms in total. The van der Waals surface area contributed by atoms with E-state index in [2.05, 4.69) is 15.0 Å². The van der Waals surface area contributed by atoms with Gasteiger partial charge in [-0.3, -0.25) is 4.79 Å². The normalized spacial score (nSPS) is 12.1. The van der Waals surface area contributed by atoms with Crippen molar-refractivity contribution in [2.75, 3.05) is 18.9 Å². The lowest BCUT2D eigenvalue weighted by Crippen LogP contribution is -2.25. The first-order valence-electron chi connectivity index (χ1n) is 6.83. The third-order valence-electron chi connectivity index (χ3n) is 2.95. The van der Waals surface area contributed by atoms with Crippen molar-refractivity contribution in [2.24, 2.45) is 0 Å². The molecule has 0 aromatic carbocycles. The first kappa shape index (κ1) is 15.7. The van der Waals surface area contributed by atoms with E-state index in [1.807, 2.05) is 0 Å². The maximum Gasteiger partial charge on any atom is 0.329 e. The molecule has 1 unspecified atom stereocenters. The Balaban J connectivity index is 2.40. The molecule has 2 heterocycles. The van der Waals surface area contributed by atoms with Crippen molar-refractivity contribution in [1.29, 1.82) is 0 Å². The molecule has 0 bridgehead atoms. The molecule has 2 aromatic heterocycles. The van der Waals surface area contributed by atoms with E-state index < -0.39 is 18.0 Å². The smallest absolute Gasteiger partial charge is 0.329 e. The molecule has 0 aliphatic carbocycles. The molecule has 22 heavy (non-hydrogen) atoms. The Kier molecular flexibility index (Phi) is 4.87. The van der Waals surface area contributed by atoms with Crippen molar-refractivity contribution in [3.8, 4) is 0 Å². The number of nitrogens with two attached hydrogens (primary N) is 1. The Labute approximate surface area is 126 Å². The molecule has 1 atom stereocenters. The summed E-state index contributed by atoms with van der Waals surface area (Å²) >= 11 is 0. The average Bonchev–Trinajstić information content (AvgIpc) is 2.90. The summed E-state index contributed by atoms with van der Waals surface area (Å²) < 4.78 is 11.4. The molecule has 0 aliphatic rings. The molecule has 2 rings (SSSR count). The third kappa shape index (κ3) is 3.13. The van der Waals surface area contributed by atoms with Gasteiger partial charge in [-0.2, -0.15) is 0 Å². The molecular weight excluding hydrogens is 290 g/mol. The molecule has 2 N–H and O–H groups in total. The summed E-state index contributed by atoms with van der Waals surface area (Å²) in [5.41, 5.74) is 6.44. The number of nitrogens with zero attached hydrogens (tertiary/aromatic N) is 4. The number of ether oxygens (including phenoxy) is 2. The van der Waals surface area contributed by atoms with Crippen LogP contribution in [-0.4, -0.2) is 44.7 Å². The van der Waals surface area contributed by atoms with Crippen LogP contribution in [-0.2, 0) is 19.1 Å². The van der Waals surface area contributed by atoms with Crippen LogP contribution >= 0.6 is 0 Å². The highest BCUT2D eigenvalue weighted by molar-refractivity contribution is 5.86. The number of hydrogen-bond donors (Lipinski definition) is 1. The zero-order chi connectivity index (χ0) is 16.1. The van der Waals surface area contributed by atoms with Crippen LogP contribution in [0.25, 0.3) is 11.2 Å². The van der Waals surface area contributed by atoms with Gasteiger partial charge in [0.2, 0.25) is 0 Å². The van der Waals surface area contributed by atoms with Gasteiger partial charge in [0.1, 0.15) is 17.9 Å². The average molecular weight is 307 g/mol. The van der Waals surface area contributed by atoms with Crippen LogP contribution in [0.4, 0.5) is 5.82 Å². The zero-order valence-corrected chi connectivity index (χ0v) is 12.4. The molecule has 118 valence electrons. The van der Waals surface area contributed by atoms with Gasteiger partial charge in [-0.15, -0.1) is 0 Å². The number of imidazole rings is 1. The van der Waals surface area contributed by atoms with Gasteiger partial charge in [0, 0.05) is 0 Å². The fourth-order valence-electron chi connectivity index (χ4n) is 2.01. The van der Waals surface area contributed by atoms with Gasteiger partial charge < -0.3 is 19.8 Å². The van der Waals surface area contributed by atoms with Crippen LogP contribution in [0.3, 0.4) is 0 Å². The zero-order valence-electron chi connectivity index (χ0n) is 12.4. The molecule has 9 heteroatoms. The van der Waals surface area contributed by atoms with Crippen molar-refractivity contribution in [3.63, 3.8) is 0 Å². The first-order valence-corrected chi connectivity index (χ1v) is 6.83. The number of carbonyl (C=O) groups is 2. The van der Waals surface area contributed by atoms with Crippen molar-refractivity contribution in [1.82, 2.24) is 19.5 Å². The summed E-state index contributed by atoms with van der Waals surface area (Å²) in [6.45, 7) is 3.80. The fraction of sp³-hybridized carbons (Fsp3) is 0.462. The minimum Gasteiger partial charge on any atom is -0.466 e. The van der Waals surface area contributed by atoms with Gasteiger partial charge in [-0.1, -0.05) is 0 Å². The standard InChI is InChI=1S/C13H17N5O4/c1-3-21-9(19)5-8(13(20)22-4-2)18-7-17-10-11(14)15-6-16-12(10)18/h6-8H,3-5H2,1-2H3,(H2,14,15,16). The second kappa shape index (κ2) is 6.83. The summed E-state index contributed by atoms with van der Waals surface area (Å²) in [5.74, 6) is -0.876. The summed E-state index contributed by atoms with van der Waals surface area (Å²) in [4.78, 5) is 35.9. The maximum atomic E-state index is 12.2. The highest BCUT2D eigenvalue weighted by Crippen LogP contribution is 2.22. The largest absolute Gasteiger partial charge is 0.466 e. The minimum absolute atomic E-state index is 0.179. The van der Waals surface area contributed by atoms with Gasteiger partial charge in [-0.25, -0.2) is 19.7 Å². The number of rotatable bonds is 6. The van der Waals surface area contributed by atoms with E-state index in [0.717, 1.165) is 0 Å². The fourth-order valence-corrected chi connectivity index (χ4v) is 2.01. The van der Waals surface area contributed by atoms with E-state index in [9.17, 15) is 9.59 Å². The Morgan fingerprint density at radius 2 is 1.95 bits per heavy atom. The van der Waals surface area contributed by atoms with E-state index in [-0.39, 0.29) is 25.5 Å². The van der Waals surface area contributed by atoms with Crippen LogP contribution in [0.1, 0.15) is 26.3 Å². The van der Waals surface area contributed by atoms with Crippen LogP contribution in [0.5, 0.6) is 0 Å². The number of hydrogen-bond acceptors (Lipinski definition) is 8. The number of esters is 2.